The summed E-state index contributed by atoms with van der Waals surface area (Å²) in [7, 11) is 0. The van der Waals surface area contributed by atoms with Crippen molar-refractivity contribution in [3.8, 4) is 33.4 Å². The summed E-state index contributed by atoms with van der Waals surface area (Å²) in [5, 5.41) is 0. The Bertz CT molecular complexity index is 2730. The fourth-order valence-electron chi connectivity index (χ4n) is 10.7. The van der Waals surface area contributed by atoms with Crippen LogP contribution >= 0.6 is 11.8 Å². The Morgan fingerprint density at radius 1 is 0.473 bits per heavy atom. The highest BCUT2D eigenvalue weighted by Crippen LogP contribution is 2.54. The molecule has 270 valence electrons. The molecule has 5 aliphatic rings. The van der Waals surface area contributed by atoms with E-state index in [0.29, 0.717) is 0 Å². The van der Waals surface area contributed by atoms with E-state index in [2.05, 4.69) is 178 Å². The van der Waals surface area contributed by atoms with Gasteiger partial charge in [-0.15, -0.1) is 0 Å². The second-order valence-corrected chi connectivity index (χ2v) is 21.7. The molecule has 0 aromatic heterocycles. The van der Waals surface area contributed by atoms with Gasteiger partial charge in [-0.05, 0) is 106 Å². The van der Waals surface area contributed by atoms with E-state index in [4.69, 9.17) is 0 Å². The molecule has 0 amide bonds. The standard InChI is InChI=1S/C51H49B2NS/c1-48(2,3)28-16-18-32-33-19-21-44-45-47(33)54-46-36(22-30(50(7,8)9)25-42(46)52(45)41-24-29(49(4,5)6)17-20-43(41)55-44)35-26-38-34(27-40(35)53(54)39(32)23-28)31-14-12-13-15-37(31)51(38,10)11/h12-27H,1-11H3. The fraction of sp³-hybridized carbons (Fsp3) is 0.294. The average Bonchev–Trinajstić information content (AvgIpc) is 3.35. The summed E-state index contributed by atoms with van der Waals surface area (Å²) in [6, 6.07) is 39.3. The minimum Gasteiger partial charge on any atom is -0.377 e. The van der Waals surface area contributed by atoms with Gasteiger partial charge in [0.1, 0.15) is 0 Å². The van der Waals surface area contributed by atoms with Crippen LogP contribution in [0, 0.1) is 0 Å². The van der Waals surface area contributed by atoms with Crippen molar-refractivity contribution >= 4 is 64.0 Å². The fourth-order valence-corrected chi connectivity index (χ4v) is 11.8. The lowest BCUT2D eigenvalue weighted by Gasteiger charge is -2.51. The van der Waals surface area contributed by atoms with Gasteiger partial charge in [-0.1, -0.05) is 172 Å². The van der Waals surface area contributed by atoms with E-state index in [1.165, 1.54) is 110 Å². The van der Waals surface area contributed by atoms with Crippen LogP contribution in [0.4, 0.5) is 11.4 Å². The highest BCUT2D eigenvalue weighted by atomic mass is 32.2. The van der Waals surface area contributed by atoms with Gasteiger partial charge in [0.15, 0.2) is 0 Å². The third kappa shape index (κ3) is 4.41. The minimum absolute atomic E-state index is 0.0185. The highest BCUT2D eigenvalue weighted by Gasteiger charge is 2.52. The zero-order valence-corrected chi connectivity index (χ0v) is 35.1. The first-order valence-corrected chi connectivity index (χ1v) is 21.1. The van der Waals surface area contributed by atoms with Crippen LogP contribution in [0.1, 0.15) is 104 Å². The molecule has 0 fully saturated rings. The molecule has 0 atom stereocenters. The Morgan fingerprint density at radius 2 is 1.09 bits per heavy atom. The second kappa shape index (κ2) is 10.5. The maximum Gasteiger partial charge on any atom is 0.329 e. The lowest BCUT2D eigenvalue weighted by atomic mass is 9.31. The van der Waals surface area contributed by atoms with Gasteiger partial charge in [-0.25, -0.2) is 0 Å². The van der Waals surface area contributed by atoms with E-state index in [1.54, 1.807) is 0 Å². The summed E-state index contributed by atoms with van der Waals surface area (Å²) in [5.41, 5.74) is 25.6. The van der Waals surface area contributed by atoms with Gasteiger partial charge in [-0.2, -0.15) is 0 Å². The van der Waals surface area contributed by atoms with Crippen LogP contribution in [0.15, 0.2) is 107 Å². The predicted molar refractivity (Wildman–Crippen MR) is 240 cm³/mol. The van der Waals surface area contributed by atoms with Gasteiger partial charge in [0, 0.05) is 37.7 Å². The van der Waals surface area contributed by atoms with Crippen LogP contribution in [-0.2, 0) is 21.7 Å². The first kappa shape index (κ1) is 33.9. The van der Waals surface area contributed by atoms with Crippen LogP contribution in [-0.4, -0.2) is 13.6 Å². The zero-order chi connectivity index (χ0) is 38.3. The maximum atomic E-state index is 2.83. The molecule has 1 aliphatic carbocycles. The molecule has 0 spiro atoms. The third-order valence-electron chi connectivity index (χ3n) is 13.8. The minimum atomic E-state index is -0.0821. The van der Waals surface area contributed by atoms with Gasteiger partial charge in [0.25, 0.3) is 0 Å². The molecule has 0 saturated carbocycles. The van der Waals surface area contributed by atoms with Crippen molar-refractivity contribution in [3.05, 3.63) is 125 Å². The van der Waals surface area contributed by atoms with E-state index < -0.39 is 0 Å². The molecule has 4 aliphatic heterocycles. The van der Waals surface area contributed by atoms with Crippen molar-refractivity contribution in [1.82, 2.24) is 0 Å². The lowest BCUT2D eigenvalue weighted by molar-refractivity contribution is 0.590. The van der Waals surface area contributed by atoms with Gasteiger partial charge >= 0.3 is 6.85 Å². The summed E-state index contributed by atoms with van der Waals surface area (Å²) >= 11 is 1.98. The first-order chi connectivity index (χ1) is 25.9. The van der Waals surface area contributed by atoms with Crippen LogP contribution in [0.3, 0.4) is 0 Å². The Labute approximate surface area is 333 Å². The van der Waals surface area contributed by atoms with Gasteiger partial charge in [-0.3, -0.25) is 0 Å². The van der Waals surface area contributed by atoms with Crippen LogP contribution in [0.5, 0.6) is 0 Å². The summed E-state index contributed by atoms with van der Waals surface area (Å²) in [5.74, 6) is 0. The summed E-state index contributed by atoms with van der Waals surface area (Å²) in [6.07, 6.45) is 0. The normalized spacial score (nSPS) is 16.2. The SMILES string of the molecule is CC(C)(C)c1ccc2c(c1)B1c3cc(C(C)(C)C)cc4c3N3B(c5cc6c(cc5-4)C(C)(C)c4ccccc4-6)c4cc(C(C)(C)C)ccc4-c4ccc(c1c43)S2. The van der Waals surface area contributed by atoms with E-state index in [0.717, 1.165) is 0 Å². The Kier molecular flexibility index (Phi) is 6.47. The van der Waals surface area contributed by atoms with Crippen molar-refractivity contribution in [2.24, 2.45) is 0 Å². The molecule has 55 heavy (non-hydrogen) atoms. The van der Waals surface area contributed by atoms with Crippen molar-refractivity contribution in [2.45, 2.75) is 108 Å². The molecular formula is C51H49B2NS. The number of fused-ring (bicyclic) bond motifs is 12. The van der Waals surface area contributed by atoms with Crippen molar-refractivity contribution in [3.63, 3.8) is 0 Å². The Hall–Kier alpha value is -4.40. The molecule has 6 aromatic carbocycles. The summed E-state index contributed by atoms with van der Waals surface area (Å²) < 4.78 is 0. The Balaban J connectivity index is 1.32. The van der Waals surface area contributed by atoms with E-state index in [1.807, 2.05) is 11.8 Å². The summed E-state index contributed by atoms with van der Waals surface area (Å²) in [6.45, 7) is 26.4. The first-order valence-electron chi connectivity index (χ1n) is 20.3. The van der Waals surface area contributed by atoms with E-state index in [-0.39, 0.29) is 35.2 Å². The van der Waals surface area contributed by atoms with Gasteiger partial charge in [0.2, 0.25) is 6.71 Å². The van der Waals surface area contributed by atoms with E-state index >= 15 is 0 Å². The molecule has 0 unspecified atom stereocenters. The zero-order valence-electron chi connectivity index (χ0n) is 34.2. The van der Waals surface area contributed by atoms with Crippen LogP contribution in [0.2, 0.25) is 0 Å². The van der Waals surface area contributed by atoms with Crippen LogP contribution < -0.4 is 32.1 Å². The number of hydrogen-bond acceptors (Lipinski definition) is 2. The van der Waals surface area contributed by atoms with Gasteiger partial charge in [0.05, 0.1) is 0 Å². The van der Waals surface area contributed by atoms with Crippen molar-refractivity contribution < 1.29 is 0 Å². The predicted octanol–water partition coefficient (Wildman–Crippen LogP) is 10.1. The molecule has 0 radical (unpaired) electrons. The number of rotatable bonds is 0. The second-order valence-electron chi connectivity index (χ2n) is 20.6. The smallest absolute Gasteiger partial charge is 0.329 e. The quantitative estimate of drug-likeness (QED) is 0.143. The van der Waals surface area contributed by atoms with Crippen LogP contribution in [0.25, 0.3) is 33.4 Å². The van der Waals surface area contributed by atoms with Crippen molar-refractivity contribution in [2.75, 3.05) is 4.81 Å². The monoisotopic (exact) mass is 729 g/mol. The van der Waals surface area contributed by atoms with E-state index in [9.17, 15) is 0 Å². The molecule has 4 heteroatoms. The topological polar surface area (TPSA) is 3.24 Å². The highest BCUT2D eigenvalue weighted by molar-refractivity contribution is 8.00. The molecule has 0 bridgehead atoms. The number of anilines is 2. The lowest BCUT2D eigenvalue weighted by Crippen LogP contribution is -2.69. The molecule has 6 aromatic rings. The molecule has 0 saturated heterocycles. The Morgan fingerprint density at radius 3 is 1.82 bits per heavy atom. The maximum absolute atomic E-state index is 2.83. The summed E-state index contributed by atoms with van der Waals surface area (Å²) in [4.78, 5) is 5.62. The number of nitrogens with zero attached hydrogens (tertiary/aromatic N) is 1. The molecular weight excluding hydrogens is 680 g/mol. The average molecular weight is 730 g/mol. The number of hydrogen-bond donors (Lipinski definition) is 0. The largest absolute Gasteiger partial charge is 0.377 e. The van der Waals surface area contributed by atoms with Crippen molar-refractivity contribution in [1.29, 1.82) is 0 Å². The van der Waals surface area contributed by atoms with Gasteiger partial charge < -0.3 is 4.81 Å². The molecule has 1 nitrogen and oxygen atoms in total. The number of benzene rings is 6. The molecule has 4 heterocycles. The molecule has 0 N–H and O–H groups in total. The third-order valence-corrected chi connectivity index (χ3v) is 14.9. The molecule has 11 rings (SSSR count).